The highest BCUT2D eigenvalue weighted by Gasteiger charge is 2.35. The van der Waals surface area contributed by atoms with Crippen molar-refractivity contribution in [3.8, 4) is 5.75 Å². The van der Waals surface area contributed by atoms with Crippen LogP contribution in [0.25, 0.3) is 0 Å². The van der Waals surface area contributed by atoms with Gasteiger partial charge in [-0.3, -0.25) is 4.79 Å². The van der Waals surface area contributed by atoms with Crippen molar-refractivity contribution in [2.45, 2.75) is 24.7 Å². The Labute approximate surface area is 181 Å². The minimum Gasteiger partial charge on any atom is -0.492 e. The van der Waals surface area contributed by atoms with Crippen molar-refractivity contribution in [1.82, 2.24) is 4.31 Å². The maximum atomic E-state index is 13.2. The molecule has 0 aromatic heterocycles. The van der Waals surface area contributed by atoms with Crippen molar-refractivity contribution in [3.05, 3.63) is 53.3 Å². The number of hydrogen-bond donors (Lipinski definition) is 0. The first-order valence-electron chi connectivity index (χ1n) is 9.69. The Morgan fingerprint density at radius 3 is 2.60 bits per heavy atom. The van der Waals surface area contributed by atoms with Crippen molar-refractivity contribution in [1.29, 1.82) is 0 Å². The largest absolute Gasteiger partial charge is 0.492 e. The molecule has 0 aliphatic carbocycles. The highest BCUT2D eigenvalue weighted by atomic mass is 35.5. The lowest BCUT2D eigenvalue weighted by Gasteiger charge is -2.33. The van der Waals surface area contributed by atoms with Gasteiger partial charge >= 0.3 is 0 Å². The predicted molar refractivity (Wildman–Crippen MR) is 114 cm³/mol. The molecule has 3 rings (SSSR count). The van der Waals surface area contributed by atoms with Gasteiger partial charge in [0.1, 0.15) is 11.6 Å². The van der Waals surface area contributed by atoms with Crippen molar-refractivity contribution >= 4 is 33.2 Å². The topological polar surface area (TPSA) is 66.9 Å². The van der Waals surface area contributed by atoms with Crippen molar-refractivity contribution in [3.63, 3.8) is 0 Å². The highest BCUT2D eigenvalue weighted by molar-refractivity contribution is 7.89. The Morgan fingerprint density at radius 1 is 1.27 bits per heavy atom. The summed E-state index contributed by atoms with van der Waals surface area (Å²) in [6, 6.07) is 9.98. The van der Waals surface area contributed by atoms with Crippen LogP contribution in [0.1, 0.15) is 19.8 Å². The monoisotopic (exact) mass is 454 g/mol. The molecule has 1 heterocycles. The van der Waals surface area contributed by atoms with E-state index in [1.54, 1.807) is 7.05 Å². The first-order chi connectivity index (χ1) is 14.2. The SMILES string of the molecule is CCOc1ccc(S(=O)(=O)N2CCC[C@@H](C(=O)N(C)c3ccc(F)cc3)C2)cc1Cl. The normalized spacial score (nSPS) is 17.5. The van der Waals surface area contributed by atoms with Crippen molar-refractivity contribution in [2.24, 2.45) is 5.92 Å². The zero-order chi connectivity index (χ0) is 21.9. The number of carbonyl (C=O) groups is 1. The first kappa shape index (κ1) is 22.5. The molecule has 162 valence electrons. The van der Waals surface area contributed by atoms with Crippen LogP contribution < -0.4 is 9.64 Å². The van der Waals surface area contributed by atoms with Crippen molar-refractivity contribution in [2.75, 3.05) is 31.6 Å². The number of sulfonamides is 1. The van der Waals surface area contributed by atoms with Gasteiger partial charge in [0.25, 0.3) is 0 Å². The maximum absolute atomic E-state index is 13.2. The summed E-state index contributed by atoms with van der Waals surface area (Å²) in [5.74, 6) is -0.651. The molecule has 1 aliphatic heterocycles. The van der Waals surface area contributed by atoms with Gasteiger partial charge in [-0.05, 0) is 62.2 Å². The number of amides is 1. The number of piperidine rings is 1. The van der Waals surface area contributed by atoms with Gasteiger partial charge in [-0.25, -0.2) is 12.8 Å². The van der Waals surface area contributed by atoms with E-state index in [0.29, 0.717) is 37.4 Å². The number of halogens is 2. The standard InChI is InChI=1S/C21H24ClFN2O4S/c1-3-29-20-11-10-18(13-19(20)22)30(27,28)25-12-4-5-15(14-25)21(26)24(2)17-8-6-16(23)7-9-17/h6-11,13,15H,3-5,12,14H2,1-2H3/t15-/m1/s1. The Bertz CT molecular complexity index is 1010. The van der Waals surface area contributed by atoms with E-state index >= 15 is 0 Å². The van der Waals surface area contributed by atoms with Gasteiger partial charge in [0.05, 0.1) is 22.4 Å². The fraction of sp³-hybridized carbons (Fsp3) is 0.381. The Hall–Kier alpha value is -2.16. The summed E-state index contributed by atoms with van der Waals surface area (Å²) >= 11 is 6.16. The van der Waals surface area contributed by atoms with Gasteiger partial charge in [-0.2, -0.15) is 4.31 Å². The summed E-state index contributed by atoms with van der Waals surface area (Å²) in [4.78, 5) is 14.4. The molecule has 2 aromatic carbocycles. The molecule has 6 nitrogen and oxygen atoms in total. The van der Waals surface area contributed by atoms with Crippen LogP contribution in [0.3, 0.4) is 0 Å². The molecule has 0 unspecified atom stereocenters. The summed E-state index contributed by atoms with van der Waals surface area (Å²) in [5.41, 5.74) is 0.555. The van der Waals surface area contributed by atoms with Crippen LogP contribution in [0.15, 0.2) is 47.4 Å². The minimum atomic E-state index is -3.81. The van der Waals surface area contributed by atoms with Gasteiger partial charge in [0, 0.05) is 25.8 Å². The predicted octanol–water partition coefficient (Wildman–Crippen LogP) is 3.94. The summed E-state index contributed by atoms with van der Waals surface area (Å²) in [5, 5.41) is 0.221. The fourth-order valence-electron chi connectivity index (χ4n) is 3.49. The lowest BCUT2D eigenvalue weighted by molar-refractivity contribution is -0.123. The number of rotatable bonds is 6. The molecule has 0 radical (unpaired) electrons. The van der Waals surface area contributed by atoms with Crippen LogP contribution in [0, 0.1) is 11.7 Å². The summed E-state index contributed by atoms with van der Waals surface area (Å²) < 4.78 is 46.1. The quantitative estimate of drug-likeness (QED) is 0.663. The Balaban J connectivity index is 1.77. The van der Waals surface area contributed by atoms with E-state index in [0.717, 1.165) is 0 Å². The van der Waals surface area contributed by atoms with Crippen LogP contribution in [0.4, 0.5) is 10.1 Å². The third kappa shape index (κ3) is 4.77. The second kappa shape index (κ2) is 9.32. The Kier molecular flexibility index (Phi) is 7.00. The molecule has 0 N–H and O–H groups in total. The molecule has 1 atom stereocenters. The van der Waals surface area contributed by atoms with Crippen LogP contribution in [0.5, 0.6) is 5.75 Å². The zero-order valence-electron chi connectivity index (χ0n) is 16.8. The molecule has 0 spiro atoms. The van der Waals surface area contributed by atoms with Gasteiger partial charge in [0.15, 0.2) is 0 Å². The minimum absolute atomic E-state index is 0.0657. The zero-order valence-corrected chi connectivity index (χ0v) is 18.4. The van der Waals surface area contributed by atoms with E-state index in [1.165, 1.54) is 51.7 Å². The second-order valence-corrected chi connectivity index (χ2v) is 9.45. The third-order valence-corrected chi connectivity index (χ3v) is 7.28. The van der Waals surface area contributed by atoms with Gasteiger partial charge < -0.3 is 9.64 Å². The molecule has 1 fully saturated rings. The molecule has 1 amide bonds. The summed E-state index contributed by atoms with van der Waals surface area (Å²) in [6.07, 6.45) is 1.15. The smallest absolute Gasteiger partial charge is 0.243 e. The number of hydrogen-bond acceptors (Lipinski definition) is 4. The molecular weight excluding hydrogens is 431 g/mol. The fourth-order valence-corrected chi connectivity index (χ4v) is 5.34. The van der Waals surface area contributed by atoms with Crippen LogP contribution in [-0.4, -0.2) is 45.4 Å². The van der Waals surface area contributed by atoms with Gasteiger partial charge in [-0.1, -0.05) is 11.6 Å². The molecule has 1 saturated heterocycles. The van der Waals surface area contributed by atoms with E-state index in [1.807, 2.05) is 6.92 Å². The molecular formula is C21H24ClFN2O4S. The average molecular weight is 455 g/mol. The number of nitrogens with zero attached hydrogens (tertiary/aromatic N) is 2. The summed E-state index contributed by atoms with van der Waals surface area (Å²) in [6.45, 7) is 2.65. The van der Waals surface area contributed by atoms with Gasteiger partial charge in [0.2, 0.25) is 15.9 Å². The lowest BCUT2D eigenvalue weighted by Crippen LogP contribution is -2.45. The number of anilines is 1. The number of carbonyl (C=O) groups excluding carboxylic acids is 1. The highest BCUT2D eigenvalue weighted by Crippen LogP contribution is 2.31. The van der Waals surface area contributed by atoms with Crippen molar-refractivity contribution < 1.29 is 22.3 Å². The first-order valence-corrected chi connectivity index (χ1v) is 11.5. The second-order valence-electron chi connectivity index (χ2n) is 7.10. The number of ether oxygens (including phenoxy) is 1. The average Bonchev–Trinajstić information content (AvgIpc) is 2.75. The molecule has 0 saturated carbocycles. The Morgan fingerprint density at radius 2 is 1.97 bits per heavy atom. The van der Waals surface area contributed by atoms with E-state index in [-0.39, 0.29) is 28.2 Å². The molecule has 1 aliphatic rings. The van der Waals surface area contributed by atoms with E-state index in [2.05, 4.69) is 0 Å². The maximum Gasteiger partial charge on any atom is 0.243 e. The van der Waals surface area contributed by atoms with Crippen LogP contribution in [0.2, 0.25) is 5.02 Å². The molecule has 2 aromatic rings. The molecule has 0 bridgehead atoms. The van der Waals surface area contributed by atoms with Crippen LogP contribution >= 0.6 is 11.6 Å². The third-order valence-electron chi connectivity index (χ3n) is 5.12. The van der Waals surface area contributed by atoms with E-state index in [9.17, 15) is 17.6 Å². The molecule has 30 heavy (non-hydrogen) atoms. The van der Waals surface area contributed by atoms with Crippen LogP contribution in [-0.2, 0) is 14.8 Å². The van der Waals surface area contributed by atoms with Gasteiger partial charge in [-0.15, -0.1) is 0 Å². The molecule has 9 heteroatoms. The lowest BCUT2D eigenvalue weighted by atomic mass is 9.98. The number of benzene rings is 2. The van der Waals surface area contributed by atoms with E-state index < -0.39 is 15.9 Å². The van der Waals surface area contributed by atoms with E-state index in [4.69, 9.17) is 16.3 Å². The summed E-state index contributed by atoms with van der Waals surface area (Å²) in [7, 11) is -2.20.